The van der Waals surface area contributed by atoms with Gasteiger partial charge in [0.2, 0.25) is 0 Å². The van der Waals surface area contributed by atoms with Crippen LogP contribution in [0.25, 0.3) is 33.3 Å². The van der Waals surface area contributed by atoms with E-state index < -0.39 is 0 Å². The molecule has 3 aliphatic rings. The number of aromatic nitrogens is 4. The van der Waals surface area contributed by atoms with Crippen LogP contribution in [-0.4, -0.2) is 25.6 Å². The van der Waals surface area contributed by atoms with E-state index in [1.807, 2.05) is 17.8 Å². The van der Waals surface area contributed by atoms with Crippen molar-refractivity contribution in [1.29, 1.82) is 0 Å². The first-order chi connectivity index (χ1) is 14.6. The molecule has 3 heterocycles. The number of fused-ring (bicyclic) bond motifs is 5. The summed E-state index contributed by atoms with van der Waals surface area (Å²) in [5.41, 5.74) is 2.03. The van der Waals surface area contributed by atoms with Crippen molar-refractivity contribution in [2.24, 2.45) is 18.9 Å². The number of rotatable bonds is 3. The van der Waals surface area contributed by atoms with Crippen molar-refractivity contribution < 1.29 is 4.39 Å². The molecule has 0 amide bonds. The highest BCUT2D eigenvalue weighted by Crippen LogP contribution is 2.43. The van der Waals surface area contributed by atoms with Crippen molar-refractivity contribution >= 4 is 39.4 Å². The molecule has 30 heavy (non-hydrogen) atoms. The molecule has 3 aromatic heterocycles. The predicted octanol–water partition coefficient (Wildman–Crippen LogP) is 5.90. The molecule has 0 radical (unpaired) electrons. The largest absolute Gasteiger partial charge is 0.366 e. The second-order valence-corrected chi connectivity index (χ2v) is 9.28. The van der Waals surface area contributed by atoms with Gasteiger partial charge in [0.1, 0.15) is 17.3 Å². The molecule has 154 valence electrons. The molecule has 7 heteroatoms. The summed E-state index contributed by atoms with van der Waals surface area (Å²) in [5, 5.41) is 5.84. The van der Waals surface area contributed by atoms with Gasteiger partial charge in [-0.25, -0.2) is 14.4 Å². The van der Waals surface area contributed by atoms with Crippen LogP contribution in [0, 0.1) is 17.7 Å². The Morgan fingerprint density at radius 2 is 2.00 bits per heavy atom. The highest BCUT2D eigenvalue weighted by Gasteiger charge is 2.36. The number of aromatic amines is 1. The molecule has 1 atom stereocenters. The van der Waals surface area contributed by atoms with E-state index in [0.29, 0.717) is 33.7 Å². The smallest absolute Gasteiger partial charge is 0.166 e. The van der Waals surface area contributed by atoms with Gasteiger partial charge in [0.25, 0.3) is 0 Å². The SMILES string of the molecule is Cn1ccc2c(NC3CC4CCC3CC4)nc(-c3c[nH]c4c(F)cc(Cl)cc34)nc21. The van der Waals surface area contributed by atoms with Crippen LogP contribution in [0.3, 0.4) is 0 Å². The van der Waals surface area contributed by atoms with Gasteiger partial charge in [0, 0.05) is 41.5 Å². The quantitative estimate of drug-likeness (QED) is 0.431. The lowest BCUT2D eigenvalue weighted by Crippen LogP contribution is -2.40. The molecular weight excluding hydrogens is 401 g/mol. The average molecular weight is 424 g/mol. The van der Waals surface area contributed by atoms with Gasteiger partial charge in [0.15, 0.2) is 5.82 Å². The van der Waals surface area contributed by atoms with Gasteiger partial charge < -0.3 is 14.9 Å². The summed E-state index contributed by atoms with van der Waals surface area (Å²) in [6.45, 7) is 0. The van der Waals surface area contributed by atoms with Crippen LogP contribution in [0.15, 0.2) is 30.6 Å². The molecule has 0 saturated heterocycles. The molecular formula is C23H23ClFN5. The summed E-state index contributed by atoms with van der Waals surface area (Å²) in [6, 6.07) is 5.60. The second kappa shape index (κ2) is 6.71. The van der Waals surface area contributed by atoms with Crippen LogP contribution < -0.4 is 5.32 Å². The zero-order valence-corrected chi connectivity index (χ0v) is 17.5. The fraction of sp³-hybridized carbons (Fsp3) is 0.391. The Morgan fingerprint density at radius 3 is 2.77 bits per heavy atom. The summed E-state index contributed by atoms with van der Waals surface area (Å²) in [6.07, 6.45) is 10.3. The summed E-state index contributed by atoms with van der Waals surface area (Å²) < 4.78 is 16.3. The van der Waals surface area contributed by atoms with E-state index in [-0.39, 0.29) is 5.82 Å². The first kappa shape index (κ1) is 18.2. The lowest BCUT2D eigenvalue weighted by Gasteiger charge is -2.42. The number of benzene rings is 1. The Kier molecular flexibility index (Phi) is 4.07. The topological polar surface area (TPSA) is 58.5 Å². The summed E-state index contributed by atoms with van der Waals surface area (Å²) >= 11 is 6.13. The molecule has 0 spiro atoms. The first-order valence-electron chi connectivity index (χ1n) is 10.6. The lowest BCUT2D eigenvalue weighted by molar-refractivity contribution is 0.157. The number of nitrogens with zero attached hydrogens (tertiary/aromatic N) is 3. The zero-order chi connectivity index (χ0) is 20.4. The summed E-state index contributed by atoms with van der Waals surface area (Å²) in [4.78, 5) is 12.8. The molecule has 2 N–H and O–H groups in total. The Morgan fingerprint density at radius 1 is 1.17 bits per heavy atom. The van der Waals surface area contributed by atoms with Gasteiger partial charge in [-0.1, -0.05) is 24.4 Å². The van der Waals surface area contributed by atoms with Crippen LogP contribution in [0.5, 0.6) is 0 Å². The number of halogens is 2. The molecule has 1 aromatic carbocycles. The summed E-state index contributed by atoms with van der Waals surface area (Å²) in [5.74, 6) is 2.61. The number of nitrogens with one attached hydrogen (secondary N) is 2. The van der Waals surface area contributed by atoms with Gasteiger partial charge >= 0.3 is 0 Å². The van der Waals surface area contributed by atoms with Crippen molar-refractivity contribution in [3.8, 4) is 11.4 Å². The Labute approximate surface area is 178 Å². The van der Waals surface area contributed by atoms with Crippen molar-refractivity contribution in [1.82, 2.24) is 19.5 Å². The molecule has 5 nitrogen and oxygen atoms in total. The Bertz CT molecular complexity index is 1270. The van der Waals surface area contributed by atoms with Crippen LogP contribution in [-0.2, 0) is 7.05 Å². The maximum atomic E-state index is 14.3. The molecule has 4 aromatic rings. The van der Waals surface area contributed by atoms with Crippen molar-refractivity contribution in [2.45, 2.75) is 38.1 Å². The number of hydrogen-bond acceptors (Lipinski definition) is 3. The Balaban J connectivity index is 1.49. The average Bonchev–Trinajstić information content (AvgIpc) is 3.33. The van der Waals surface area contributed by atoms with Gasteiger partial charge in [-0.05, 0) is 49.3 Å². The minimum Gasteiger partial charge on any atom is -0.366 e. The third kappa shape index (κ3) is 2.81. The minimum atomic E-state index is -0.375. The molecule has 7 rings (SSSR count). The normalized spacial score (nSPS) is 23.5. The Hall–Kier alpha value is -2.60. The molecule has 3 aliphatic carbocycles. The van der Waals surface area contributed by atoms with Gasteiger partial charge in [-0.3, -0.25) is 0 Å². The third-order valence-electron chi connectivity index (χ3n) is 7.04. The van der Waals surface area contributed by atoms with Crippen molar-refractivity contribution in [3.05, 3.63) is 41.4 Å². The molecule has 1 unspecified atom stereocenters. The van der Waals surface area contributed by atoms with E-state index in [9.17, 15) is 4.39 Å². The van der Waals surface area contributed by atoms with Crippen LogP contribution >= 0.6 is 11.6 Å². The van der Waals surface area contributed by atoms with Gasteiger partial charge in [-0.2, -0.15) is 0 Å². The molecule has 3 saturated carbocycles. The maximum Gasteiger partial charge on any atom is 0.166 e. The van der Waals surface area contributed by atoms with Gasteiger partial charge in [0.05, 0.1) is 10.9 Å². The third-order valence-corrected chi connectivity index (χ3v) is 7.26. The number of aryl methyl sites for hydroxylation is 1. The van der Waals surface area contributed by atoms with Crippen molar-refractivity contribution in [3.63, 3.8) is 0 Å². The van der Waals surface area contributed by atoms with Crippen LogP contribution in [0.1, 0.15) is 32.1 Å². The number of anilines is 1. The van der Waals surface area contributed by atoms with E-state index in [4.69, 9.17) is 21.6 Å². The minimum absolute atomic E-state index is 0.359. The first-order valence-corrected chi connectivity index (χ1v) is 11.0. The van der Waals surface area contributed by atoms with Crippen LogP contribution in [0.2, 0.25) is 5.02 Å². The maximum absolute atomic E-state index is 14.3. The molecule has 2 bridgehead atoms. The van der Waals surface area contributed by atoms with E-state index in [2.05, 4.69) is 16.4 Å². The van der Waals surface area contributed by atoms with Crippen molar-refractivity contribution in [2.75, 3.05) is 5.32 Å². The summed E-state index contributed by atoms with van der Waals surface area (Å²) in [7, 11) is 1.98. The fourth-order valence-corrected chi connectivity index (χ4v) is 5.64. The van der Waals surface area contributed by atoms with Gasteiger partial charge in [-0.15, -0.1) is 0 Å². The highest BCUT2D eigenvalue weighted by molar-refractivity contribution is 6.31. The fourth-order valence-electron chi connectivity index (χ4n) is 5.44. The van der Waals surface area contributed by atoms with Crippen LogP contribution in [0.4, 0.5) is 10.2 Å². The standard InChI is InChI=1S/C23H23ClFN5/c1-30-7-6-15-21(27-19-8-12-2-4-13(19)5-3-12)28-22(29-23(15)30)17-11-26-20-16(17)9-14(24)10-18(20)25/h6-7,9-13,19,26H,2-5,8H2,1H3,(H,27,28,29). The van der Waals surface area contributed by atoms with E-state index in [1.54, 1.807) is 12.3 Å². The monoisotopic (exact) mass is 423 g/mol. The number of hydrogen-bond donors (Lipinski definition) is 2. The van der Waals surface area contributed by atoms with E-state index in [1.165, 1.54) is 38.2 Å². The second-order valence-electron chi connectivity index (χ2n) is 8.84. The highest BCUT2D eigenvalue weighted by atomic mass is 35.5. The number of H-pyrrole nitrogens is 1. The van der Waals surface area contributed by atoms with E-state index in [0.717, 1.165) is 28.3 Å². The van der Waals surface area contributed by atoms with E-state index >= 15 is 0 Å². The zero-order valence-electron chi connectivity index (χ0n) is 16.8. The lowest BCUT2D eigenvalue weighted by atomic mass is 9.68. The predicted molar refractivity (Wildman–Crippen MR) is 118 cm³/mol. The molecule has 0 aliphatic heterocycles. The molecule has 3 fully saturated rings.